The second kappa shape index (κ2) is 14.0. The third-order valence-electron chi connectivity index (χ3n) is 11.0. The van der Waals surface area contributed by atoms with Gasteiger partial charge in [0, 0.05) is 65.8 Å². The zero-order valence-electron chi connectivity index (χ0n) is 31.1. The number of anilines is 3. The van der Waals surface area contributed by atoms with E-state index in [1.165, 1.54) is 32.4 Å². The first kappa shape index (κ1) is 33.9. The van der Waals surface area contributed by atoms with Crippen LogP contribution in [0.5, 0.6) is 0 Å². The van der Waals surface area contributed by atoms with Gasteiger partial charge in [0.25, 0.3) is 0 Å². The van der Waals surface area contributed by atoms with Crippen LogP contribution in [0, 0.1) is 5.82 Å². The normalized spacial score (nSPS) is 11.5. The maximum atomic E-state index is 14.3. The number of hydrogen-bond donors (Lipinski definition) is 0. The molecule has 274 valence electrons. The first-order valence-electron chi connectivity index (χ1n) is 19.2. The second-order valence-electron chi connectivity index (χ2n) is 14.4. The molecule has 0 bridgehead atoms. The highest BCUT2D eigenvalue weighted by molar-refractivity contribution is 7.25. The van der Waals surface area contributed by atoms with Crippen molar-refractivity contribution in [2.75, 3.05) is 4.90 Å². The third-order valence-corrected chi connectivity index (χ3v) is 12.1. The fraction of sp³-hybridized carbons (Fsp3) is 0. The molecule has 4 heterocycles. The van der Waals surface area contributed by atoms with Gasteiger partial charge in [-0.25, -0.2) is 4.39 Å². The van der Waals surface area contributed by atoms with Crippen molar-refractivity contribution in [2.24, 2.45) is 0 Å². The van der Waals surface area contributed by atoms with E-state index in [9.17, 15) is 4.39 Å². The van der Waals surface area contributed by atoms with Gasteiger partial charge in [0.1, 0.15) is 5.82 Å². The summed E-state index contributed by atoms with van der Waals surface area (Å²) in [6.07, 6.45) is 4.78. The summed E-state index contributed by atoms with van der Waals surface area (Å²) in [5.74, 6) is -0.361. The van der Waals surface area contributed by atoms with Crippen LogP contribution in [-0.4, -0.2) is 14.5 Å². The standard InChI is InChI=1S/C52H33FN4S/c53-39-30-43(33-54-32-39)57-49-10-3-1-7-44(49)47-29-38(20-27-50(47)57)36-18-23-41(24-19-36)56(42-25-26-46-45-8-2-4-11-51(45)58-52(46)31-42)40-21-16-35(17-22-40)34-12-14-37(15-13-34)48-9-5-6-28-55-48/h1-33H. The van der Waals surface area contributed by atoms with E-state index in [-0.39, 0.29) is 5.82 Å². The van der Waals surface area contributed by atoms with Crippen molar-refractivity contribution in [3.8, 4) is 39.2 Å². The Bertz CT molecular complexity index is 3280. The van der Waals surface area contributed by atoms with Crippen molar-refractivity contribution in [3.63, 3.8) is 0 Å². The van der Waals surface area contributed by atoms with Gasteiger partial charge in [-0.1, -0.05) is 103 Å². The van der Waals surface area contributed by atoms with E-state index in [1.807, 2.05) is 47.9 Å². The number of aromatic nitrogens is 3. The molecule has 0 saturated heterocycles. The molecule has 0 aliphatic carbocycles. The molecule has 0 fully saturated rings. The molecule has 0 aliphatic rings. The molecule has 6 heteroatoms. The number of rotatable bonds is 7. The SMILES string of the molecule is Fc1cncc(-n2c3ccccc3c3cc(-c4ccc(N(c5ccc(-c6ccc(-c7ccccn7)cc6)cc5)c5ccc6c(c5)sc5ccccc56)cc4)ccc32)c1. The van der Waals surface area contributed by atoms with Crippen LogP contribution in [0.3, 0.4) is 0 Å². The van der Waals surface area contributed by atoms with Crippen LogP contribution < -0.4 is 4.90 Å². The molecule has 0 aliphatic heterocycles. The first-order chi connectivity index (χ1) is 28.6. The quantitative estimate of drug-likeness (QED) is 0.162. The van der Waals surface area contributed by atoms with Gasteiger partial charge in [-0.05, 0) is 95.1 Å². The van der Waals surface area contributed by atoms with Crippen LogP contribution in [0.25, 0.3) is 81.2 Å². The molecule has 7 aromatic carbocycles. The number of pyridine rings is 2. The van der Waals surface area contributed by atoms with Gasteiger partial charge in [0.2, 0.25) is 0 Å². The van der Waals surface area contributed by atoms with Crippen molar-refractivity contribution in [3.05, 3.63) is 206 Å². The number of para-hydroxylation sites is 1. The molecule has 0 atom stereocenters. The highest BCUT2D eigenvalue weighted by Gasteiger charge is 2.17. The van der Waals surface area contributed by atoms with Gasteiger partial charge in [-0.15, -0.1) is 11.3 Å². The van der Waals surface area contributed by atoms with E-state index in [4.69, 9.17) is 0 Å². The number of fused-ring (bicyclic) bond motifs is 6. The van der Waals surface area contributed by atoms with E-state index in [0.29, 0.717) is 5.69 Å². The Hall–Kier alpha value is -7.41. The lowest BCUT2D eigenvalue weighted by atomic mass is 10.0. The van der Waals surface area contributed by atoms with Crippen LogP contribution in [0.2, 0.25) is 0 Å². The van der Waals surface area contributed by atoms with Crippen molar-refractivity contribution < 1.29 is 4.39 Å². The molecule has 0 radical (unpaired) electrons. The lowest BCUT2D eigenvalue weighted by Crippen LogP contribution is -2.09. The zero-order chi connectivity index (χ0) is 38.6. The van der Waals surface area contributed by atoms with E-state index in [2.05, 4.69) is 165 Å². The predicted octanol–water partition coefficient (Wildman–Crippen LogP) is 14.6. The van der Waals surface area contributed by atoms with Gasteiger partial charge in [-0.3, -0.25) is 9.97 Å². The van der Waals surface area contributed by atoms with Gasteiger partial charge < -0.3 is 9.47 Å². The van der Waals surface area contributed by atoms with Gasteiger partial charge in [0.05, 0.1) is 34.8 Å². The summed E-state index contributed by atoms with van der Waals surface area (Å²) in [6.45, 7) is 0. The van der Waals surface area contributed by atoms with Crippen LogP contribution in [0.15, 0.2) is 201 Å². The molecule has 4 aromatic heterocycles. The monoisotopic (exact) mass is 764 g/mol. The average molecular weight is 765 g/mol. The first-order valence-corrected chi connectivity index (χ1v) is 20.0. The Morgan fingerprint density at radius 3 is 1.79 bits per heavy atom. The van der Waals surface area contributed by atoms with Gasteiger partial charge in [-0.2, -0.15) is 0 Å². The molecular weight excluding hydrogens is 732 g/mol. The van der Waals surface area contributed by atoms with Crippen molar-refractivity contribution in [1.82, 2.24) is 14.5 Å². The maximum Gasteiger partial charge on any atom is 0.143 e. The summed E-state index contributed by atoms with van der Waals surface area (Å²) < 4.78 is 19.0. The number of hydrogen-bond acceptors (Lipinski definition) is 4. The Kier molecular flexibility index (Phi) is 8.15. The van der Waals surface area contributed by atoms with Crippen molar-refractivity contribution >= 4 is 70.4 Å². The number of benzene rings is 7. The molecule has 11 rings (SSSR count). The summed E-state index contributed by atoms with van der Waals surface area (Å²) in [6, 6.07) is 64.0. The molecule has 0 amide bonds. The maximum absolute atomic E-state index is 14.3. The average Bonchev–Trinajstić information content (AvgIpc) is 3.82. The zero-order valence-corrected chi connectivity index (χ0v) is 31.9. The summed E-state index contributed by atoms with van der Waals surface area (Å²) >= 11 is 1.83. The van der Waals surface area contributed by atoms with Gasteiger partial charge in [0.15, 0.2) is 0 Å². The highest BCUT2D eigenvalue weighted by Crippen LogP contribution is 2.42. The smallest absolute Gasteiger partial charge is 0.143 e. The summed E-state index contributed by atoms with van der Waals surface area (Å²) in [7, 11) is 0. The Balaban J connectivity index is 0.975. The van der Waals surface area contributed by atoms with E-state index in [1.54, 1.807) is 6.20 Å². The molecular formula is C52H33FN4S. The molecule has 0 saturated carbocycles. The summed E-state index contributed by atoms with van der Waals surface area (Å²) in [5, 5.41) is 4.77. The van der Waals surface area contributed by atoms with Crippen LogP contribution >= 0.6 is 11.3 Å². The number of nitrogens with zero attached hydrogens (tertiary/aromatic N) is 4. The predicted molar refractivity (Wildman–Crippen MR) is 240 cm³/mol. The minimum atomic E-state index is -0.361. The number of halogens is 1. The van der Waals surface area contributed by atoms with Gasteiger partial charge >= 0.3 is 0 Å². The highest BCUT2D eigenvalue weighted by atomic mass is 32.1. The Morgan fingerprint density at radius 2 is 1.05 bits per heavy atom. The van der Waals surface area contributed by atoms with Crippen LogP contribution in [0.4, 0.5) is 21.5 Å². The van der Waals surface area contributed by atoms with Crippen molar-refractivity contribution in [1.29, 1.82) is 0 Å². The lowest BCUT2D eigenvalue weighted by Gasteiger charge is -2.26. The van der Waals surface area contributed by atoms with E-state index < -0.39 is 0 Å². The molecule has 11 aromatic rings. The summed E-state index contributed by atoms with van der Waals surface area (Å²) in [4.78, 5) is 11.0. The molecule has 58 heavy (non-hydrogen) atoms. The van der Waals surface area contributed by atoms with E-state index >= 15 is 0 Å². The molecule has 4 nitrogen and oxygen atoms in total. The van der Waals surface area contributed by atoms with Crippen molar-refractivity contribution in [2.45, 2.75) is 0 Å². The largest absolute Gasteiger partial charge is 0.310 e. The second-order valence-corrected chi connectivity index (χ2v) is 15.5. The fourth-order valence-electron chi connectivity index (χ4n) is 8.23. The topological polar surface area (TPSA) is 34.0 Å². The van der Waals surface area contributed by atoms with Crippen LogP contribution in [0.1, 0.15) is 0 Å². The number of thiophene rings is 1. The van der Waals surface area contributed by atoms with E-state index in [0.717, 1.165) is 72.4 Å². The minimum Gasteiger partial charge on any atom is -0.310 e. The minimum absolute atomic E-state index is 0.361. The Morgan fingerprint density at radius 1 is 0.448 bits per heavy atom. The molecule has 0 spiro atoms. The Labute approximate surface area is 338 Å². The summed E-state index contributed by atoms with van der Waals surface area (Å²) in [5.41, 5.74) is 12.5. The fourth-order valence-corrected chi connectivity index (χ4v) is 9.37. The van der Waals surface area contributed by atoms with Crippen LogP contribution in [-0.2, 0) is 0 Å². The lowest BCUT2D eigenvalue weighted by molar-refractivity contribution is 0.620. The third kappa shape index (κ3) is 5.90. The molecule has 0 N–H and O–H groups in total. The molecule has 0 unspecified atom stereocenters.